The lowest BCUT2D eigenvalue weighted by atomic mass is 9.97. The molecule has 1 fully saturated rings. The minimum atomic E-state index is -0.384. The third-order valence-corrected chi connectivity index (χ3v) is 19.1. The van der Waals surface area contributed by atoms with Gasteiger partial charge in [0.15, 0.2) is 5.78 Å². The summed E-state index contributed by atoms with van der Waals surface area (Å²) in [6, 6.07) is 59.0. The molecule has 14 rings (SSSR count). The molecule has 1 saturated heterocycles. The maximum atomic E-state index is 11.4. The van der Waals surface area contributed by atoms with Crippen molar-refractivity contribution in [3.05, 3.63) is 265 Å². The van der Waals surface area contributed by atoms with Crippen molar-refractivity contribution in [1.29, 1.82) is 0 Å². The highest BCUT2D eigenvalue weighted by Gasteiger charge is 2.25. The van der Waals surface area contributed by atoms with Crippen molar-refractivity contribution >= 4 is 58.1 Å². The van der Waals surface area contributed by atoms with Gasteiger partial charge in [0.25, 0.3) is 0 Å². The summed E-state index contributed by atoms with van der Waals surface area (Å²) < 4.78 is 0. The molecule has 1 aromatic heterocycles. The fourth-order valence-corrected chi connectivity index (χ4v) is 13.8. The number of hydrogen-bond donors (Lipinski definition) is 6. The molecule has 1 atom stereocenters. The molecule has 5 aliphatic rings. The molecule has 0 radical (unpaired) electrons. The molecule has 17 nitrogen and oxygen atoms in total. The van der Waals surface area contributed by atoms with Gasteiger partial charge >= 0.3 is 0 Å². The van der Waals surface area contributed by atoms with Gasteiger partial charge in [-0.05, 0) is 212 Å². The van der Waals surface area contributed by atoms with Crippen LogP contribution in [0.4, 0.5) is 22.7 Å². The van der Waals surface area contributed by atoms with Crippen LogP contribution in [0.2, 0.25) is 0 Å². The van der Waals surface area contributed by atoms with Crippen molar-refractivity contribution in [3.8, 4) is 11.3 Å². The van der Waals surface area contributed by atoms with Gasteiger partial charge in [0.1, 0.15) is 0 Å². The smallest absolute Gasteiger partial charge is 0.248 e. The monoisotopic (exact) mass is 1310 g/mol. The summed E-state index contributed by atoms with van der Waals surface area (Å²) in [7, 11) is 0. The summed E-state index contributed by atoms with van der Waals surface area (Å²) in [6.45, 7) is 15.4. The normalized spacial score (nSPS) is 15.1. The number of aromatic nitrogens is 2. The number of ketones is 1. The Hall–Kier alpha value is -10.8. The van der Waals surface area contributed by atoms with E-state index in [1.54, 1.807) is 13.0 Å². The summed E-state index contributed by atoms with van der Waals surface area (Å²) in [6.07, 6.45) is 9.76. The Kier molecular flexibility index (Phi) is 22.0. The van der Waals surface area contributed by atoms with Gasteiger partial charge in [-0.3, -0.25) is 33.9 Å². The van der Waals surface area contributed by atoms with Crippen LogP contribution >= 0.6 is 0 Å². The van der Waals surface area contributed by atoms with Gasteiger partial charge in [-0.2, -0.15) is 5.10 Å². The zero-order chi connectivity index (χ0) is 69.0. The van der Waals surface area contributed by atoms with Gasteiger partial charge in [0, 0.05) is 121 Å². The van der Waals surface area contributed by atoms with Crippen LogP contribution in [0.15, 0.2) is 176 Å². The number of nitrogens with one attached hydrogen (secondary N) is 2. The number of amides is 5. The lowest BCUT2D eigenvalue weighted by Crippen LogP contribution is -2.29. The molecule has 0 aliphatic carbocycles. The van der Waals surface area contributed by atoms with Crippen molar-refractivity contribution in [1.82, 2.24) is 15.5 Å². The van der Waals surface area contributed by atoms with Crippen LogP contribution in [0.1, 0.15) is 184 Å². The summed E-state index contributed by atoms with van der Waals surface area (Å²) in [5.74, 6) is -0.697. The highest BCUT2D eigenvalue weighted by Crippen LogP contribution is 2.35. The highest BCUT2D eigenvalue weighted by atomic mass is 16.2. The molecule has 504 valence electrons. The van der Waals surface area contributed by atoms with Crippen LogP contribution in [-0.2, 0) is 56.7 Å². The van der Waals surface area contributed by atoms with Crippen molar-refractivity contribution in [2.45, 2.75) is 130 Å². The molecular weight excluding hydrogens is 1220 g/mol. The zero-order valence-electron chi connectivity index (χ0n) is 56.6. The van der Waals surface area contributed by atoms with Crippen LogP contribution in [-0.4, -0.2) is 71.7 Å². The van der Waals surface area contributed by atoms with E-state index in [1.165, 1.54) is 72.7 Å². The number of aromatic amines is 1. The Morgan fingerprint density at radius 1 is 0.449 bits per heavy atom. The molecule has 0 bridgehead atoms. The molecule has 17 heteroatoms. The first kappa shape index (κ1) is 68.6. The lowest BCUT2D eigenvalue weighted by molar-refractivity contribution is -0.119. The molecule has 5 amide bonds. The number of nitrogens with two attached hydrogens (primary N) is 4. The predicted octanol–water partition coefficient (Wildman–Crippen LogP) is 12.9. The average Bonchev–Trinajstić information content (AvgIpc) is 1.10. The first-order valence-corrected chi connectivity index (χ1v) is 34.2. The number of benzene rings is 8. The lowest BCUT2D eigenvalue weighted by Gasteiger charge is -2.31. The number of carbonyl (C=O) groups is 6. The fourth-order valence-electron chi connectivity index (χ4n) is 13.8. The summed E-state index contributed by atoms with van der Waals surface area (Å²) in [5, 5.41) is 10.3. The molecule has 8 aromatic carbocycles. The Labute approximate surface area is 574 Å². The van der Waals surface area contributed by atoms with Crippen LogP contribution in [0, 0.1) is 6.92 Å². The number of aryl methyl sites for hydroxylation is 5. The molecular formula is C81H89N11O6. The van der Waals surface area contributed by atoms with E-state index in [2.05, 4.69) is 122 Å². The second kappa shape index (κ2) is 31.4. The minimum Gasteiger partial charge on any atom is -0.367 e. The van der Waals surface area contributed by atoms with Gasteiger partial charge in [-0.15, -0.1) is 0 Å². The Bertz CT molecular complexity index is 4350. The van der Waals surface area contributed by atoms with E-state index in [0.29, 0.717) is 34.6 Å². The van der Waals surface area contributed by atoms with Crippen LogP contribution in [0.5, 0.6) is 0 Å². The maximum Gasteiger partial charge on any atom is 0.248 e. The van der Waals surface area contributed by atoms with E-state index >= 15 is 0 Å². The van der Waals surface area contributed by atoms with E-state index in [1.807, 2.05) is 104 Å². The molecule has 0 spiro atoms. The number of Topliss-reactive ketones (excluding diaryl/α,β-unsaturated/α-hetero) is 1. The van der Waals surface area contributed by atoms with E-state index in [9.17, 15) is 28.8 Å². The molecule has 10 N–H and O–H groups in total. The number of anilines is 4. The Balaban J connectivity index is 0.000000132. The third kappa shape index (κ3) is 17.2. The van der Waals surface area contributed by atoms with Gasteiger partial charge < -0.3 is 47.9 Å². The number of rotatable bonds is 16. The van der Waals surface area contributed by atoms with E-state index in [0.717, 1.165) is 138 Å². The number of fused-ring (bicyclic) bond motifs is 4. The second-order valence-electron chi connectivity index (χ2n) is 26.6. The third-order valence-electron chi connectivity index (χ3n) is 19.1. The van der Waals surface area contributed by atoms with Crippen molar-refractivity contribution in [3.63, 3.8) is 0 Å². The zero-order valence-corrected chi connectivity index (χ0v) is 56.6. The molecule has 1 unspecified atom stereocenters. The summed E-state index contributed by atoms with van der Waals surface area (Å²) in [4.78, 5) is 77.7. The first-order chi connectivity index (χ1) is 47.3. The van der Waals surface area contributed by atoms with Crippen LogP contribution < -0.4 is 47.9 Å². The highest BCUT2D eigenvalue weighted by molar-refractivity contribution is 5.96. The van der Waals surface area contributed by atoms with E-state index in [4.69, 9.17) is 22.9 Å². The molecule has 5 aliphatic heterocycles. The van der Waals surface area contributed by atoms with Crippen molar-refractivity contribution in [2.75, 3.05) is 45.8 Å². The van der Waals surface area contributed by atoms with Gasteiger partial charge in [0.05, 0.1) is 11.7 Å². The van der Waals surface area contributed by atoms with Crippen LogP contribution in [0.3, 0.4) is 0 Å². The number of carbonyl (C=O) groups excluding carboxylic acids is 6. The second-order valence-corrected chi connectivity index (χ2v) is 26.6. The van der Waals surface area contributed by atoms with Gasteiger partial charge in [-0.1, -0.05) is 111 Å². The van der Waals surface area contributed by atoms with E-state index in [-0.39, 0.29) is 41.4 Å². The van der Waals surface area contributed by atoms with E-state index < -0.39 is 0 Å². The molecule has 98 heavy (non-hydrogen) atoms. The maximum absolute atomic E-state index is 11.4. The van der Waals surface area contributed by atoms with Gasteiger partial charge in [-0.25, -0.2) is 0 Å². The largest absolute Gasteiger partial charge is 0.367 e. The standard InChI is InChI=1S/C21H22N4O.C21H23N3O2.C20H24N2O.C19H20N2O2/c1-14-11-19(24-23-14)16-6-4-15(5-7-16)13-25-10-2-3-17-12-18(21(22)26)8-9-20(17)25;22-21(26)17-7-9-19-16(12-17)2-1-11-24(19)13-14-3-5-15(6-4-14)18-8-10-20(25)23-18;1-14(2)16-7-5-15(6-8-16)13-22-11-3-4-17-12-18(20(21)23)9-10-19(17)22;1-13(22)15-6-4-14(5-7-15)12-21-10-2-3-16-11-17(19(20)23)8-9-18(16)21/h4-9,11-12H,2-3,10,13H2,1H3,(H2,22,26)(H,23,24);3-7,9,12,18H,1-2,8,10-11,13H2,(H2,22,26)(H,23,25);5-10,12,14H,3-4,11,13H2,1-2H3,(H2,21,23);4-9,11H,2-3,10,12H2,1H3,(H2,20,23). The average molecular weight is 1310 g/mol. The summed E-state index contributed by atoms with van der Waals surface area (Å²) >= 11 is 0. The topological polar surface area (TPSA) is 260 Å². The quantitative estimate of drug-likeness (QED) is 0.0496. The van der Waals surface area contributed by atoms with Crippen molar-refractivity contribution in [2.24, 2.45) is 22.9 Å². The SMILES string of the molecule is CC(=O)c1ccc(CN2CCCc3cc(C(N)=O)ccc32)cc1.CC(C)c1ccc(CN2CCCc3cc(C(N)=O)ccc32)cc1.Cc1cc(-c2ccc(CN3CCCc4cc(C(N)=O)ccc43)cc2)n[nH]1.NC(=O)c1ccc2c(c1)CCCN2Cc1ccc(C2CCC(=O)N2)cc1. The number of H-pyrrole nitrogens is 1. The van der Waals surface area contributed by atoms with Crippen molar-refractivity contribution < 1.29 is 28.8 Å². The molecule has 0 saturated carbocycles. The van der Waals surface area contributed by atoms with Gasteiger partial charge in [0.2, 0.25) is 29.5 Å². The van der Waals surface area contributed by atoms with Crippen LogP contribution in [0.25, 0.3) is 11.3 Å². The predicted molar refractivity (Wildman–Crippen MR) is 390 cm³/mol. The first-order valence-electron chi connectivity index (χ1n) is 34.2. The number of primary amides is 4. The Morgan fingerprint density at radius 3 is 1.09 bits per heavy atom. The molecule has 6 heterocycles. The fraction of sp³-hybridized carbons (Fsp3) is 0.296. The number of hydrogen-bond acceptors (Lipinski definition) is 11. The number of nitrogens with zero attached hydrogens (tertiary/aromatic N) is 5. The minimum absolute atomic E-state index is 0.0823. The molecule has 9 aromatic rings. The Morgan fingerprint density at radius 2 is 0.786 bits per heavy atom. The summed E-state index contributed by atoms with van der Waals surface area (Å²) in [5.41, 5.74) is 44.9.